The lowest BCUT2D eigenvalue weighted by Crippen LogP contribution is -2.25. The van der Waals surface area contributed by atoms with E-state index < -0.39 is 10.0 Å². The van der Waals surface area contributed by atoms with E-state index in [9.17, 15) is 8.42 Å². The number of nitrogen functional groups attached to an aromatic ring is 1. The number of rotatable bonds is 5. The maximum Gasteiger partial charge on any atom is 0.244 e. The zero-order chi connectivity index (χ0) is 13.7. The standard InChI is InChI=1S/C11H13N5O2S/c12-16-10-3-6-14-8-11(10)19(17,18)15-7-9-1-4-13-5-2-9/h1-6,8,15H,7,12H2,(H,14,16). The molecule has 2 aromatic heterocycles. The van der Waals surface area contributed by atoms with Gasteiger partial charge >= 0.3 is 0 Å². The van der Waals surface area contributed by atoms with E-state index >= 15 is 0 Å². The van der Waals surface area contributed by atoms with Crippen molar-refractivity contribution in [1.29, 1.82) is 0 Å². The second-order valence-electron chi connectivity index (χ2n) is 3.70. The van der Waals surface area contributed by atoms with Crippen molar-refractivity contribution in [2.75, 3.05) is 5.43 Å². The van der Waals surface area contributed by atoms with Gasteiger partial charge in [-0.05, 0) is 23.8 Å². The van der Waals surface area contributed by atoms with Crippen LogP contribution >= 0.6 is 0 Å². The van der Waals surface area contributed by atoms with E-state index in [1.54, 1.807) is 24.5 Å². The molecule has 19 heavy (non-hydrogen) atoms. The first-order valence-corrected chi connectivity index (χ1v) is 6.91. The highest BCUT2D eigenvalue weighted by molar-refractivity contribution is 7.89. The molecule has 2 heterocycles. The highest BCUT2D eigenvalue weighted by atomic mass is 32.2. The fraction of sp³-hybridized carbons (Fsp3) is 0.0909. The molecule has 7 nitrogen and oxygen atoms in total. The second kappa shape index (κ2) is 5.74. The maximum absolute atomic E-state index is 12.1. The van der Waals surface area contributed by atoms with Gasteiger partial charge in [0.25, 0.3) is 0 Å². The third kappa shape index (κ3) is 3.25. The van der Waals surface area contributed by atoms with Crippen LogP contribution in [0.5, 0.6) is 0 Å². The average molecular weight is 279 g/mol. The van der Waals surface area contributed by atoms with Crippen molar-refractivity contribution in [1.82, 2.24) is 14.7 Å². The van der Waals surface area contributed by atoms with Crippen molar-refractivity contribution < 1.29 is 8.42 Å². The van der Waals surface area contributed by atoms with Crippen LogP contribution in [-0.4, -0.2) is 18.4 Å². The predicted molar refractivity (Wildman–Crippen MR) is 70.3 cm³/mol. The molecule has 2 rings (SSSR count). The van der Waals surface area contributed by atoms with Crippen LogP contribution in [0.15, 0.2) is 47.9 Å². The smallest absolute Gasteiger partial charge is 0.244 e. The van der Waals surface area contributed by atoms with Crippen LogP contribution in [0.1, 0.15) is 5.56 Å². The number of nitrogens with one attached hydrogen (secondary N) is 2. The summed E-state index contributed by atoms with van der Waals surface area (Å²) in [4.78, 5) is 7.66. The Morgan fingerprint density at radius 2 is 1.79 bits per heavy atom. The Hall–Kier alpha value is -2.03. The third-order valence-electron chi connectivity index (χ3n) is 2.45. The molecular formula is C11H13N5O2S. The molecule has 0 saturated carbocycles. The summed E-state index contributed by atoms with van der Waals surface area (Å²) in [6, 6.07) is 4.95. The Morgan fingerprint density at radius 1 is 1.11 bits per heavy atom. The molecule has 0 fully saturated rings. The van der Waals surface area contributed by atoms with Gasteiger partial charge in [-0.15, -0.1) is 0 Å². The van der Waals surface area contributed by atoms with E-state index in [0.717, 1.165) is 5.56 Å². The van der Waals surface area contributed by atoms with E-state index in [-0.39, 0.29) is 17.1 Å². The molecule has 4 N–H and O–H groups in total. The molecule has 0 radical (unpaired) electrons. The first-order valence-electron chi connectivity index (χ1n) is 5.42. The van der Waals surface area contributed by atoms with Crippen molar-refractivity contribution in [3.05, 3.63) is 48.5 Å². The number of anilines is 1. The quantitative estimate of drug-likeness (QED) is 0.534. The average Bonchev–Trinajstić information content (AvgIpc) is 2.46. The number of hydrogen-bond acceptors (Lipinski definition) is 6. The Bertz CT molecular complexity index is 645. The minimum atomic E-state index is -3.68. The molecule has 100 valence electrons. The largest absolute Gasteiger partial charge is 0.323 e. The number of hydrogen-bond donors (Lipinski definition) is 3. The molecule has 0 bridgehead atoms. The second-order valence-corrected chi connectivity index (χ2v) is 5.43. The molecule has 0 spiro atoms. The van der Waals surface area contributed by atoms with Crippen molar-refractivity contribution in [2.45, 2.75) is 11.4 Å². The highest BCUT2D eigenvalue weighted by Gasteiger charge is 2.18. The Morgan fingerprint density at radius 3 is 2.47 bits per heavy atom. The predicted octanol–water partition coefficient (Wildman–Crippen LogP) is 0.241. The van der Waals surface area contributed by atoms with Gasteiger partial charge in [-0.1, -0.05) is 0 Å². The molecule has 0 saturated heterocycles. The summed E-state index contributed by atoms with van der Waals surface area (Å²) >= 11 is 0. The van der Waals surface area contributed by atoms with Crippen LogP contribution in [0.3, 0.4) is 0 Å². The van der Waals surface area contributed by atoms with E-state index in [2.05, 4.69) is 20.1 Å². The monoisotopic (exact) mass is 279 g/mol. The van der Waals surface area contributed by atoms with Gasteiger partial charge < -0.3 is 5.43 Å². The lowest BCUT2D eigenvalue weighted by Gasteiger charge is -2.10. The molecule has 8 heteroatoms. The van der Waals surface area contributed by atoms with Crippen LogP contribution in [0.4, 0.5) is 5.69 Å². The molecule has 0 aliphatic heterocycles. The fourth-order valence-corrected chi connectivity index (χ4v) is 2.60. The van der Waals surface area contributed by atoms with Gasteiger partial charge in [-0.3, -0.25) is 15.8 Å². The van der Waals surface area contributed by atoms with Gasteiger partial charge in [0.2, 0.25) is 10.0 Å². The van der Waals surface area contributed by atoms with E-state index in [0.29, 0.717) is 0 Å². The highest BCUT2D eigenvalue weighted by Crippen LogP contribution is 2.18. The van der Waals surface area contributed by atoms with E-state index in [1.807, 2.05) is 0 Å². The minimum Gasteiger partial charge on any atom is -0.323 e. The van der Waals surface area contributed by atoms with Gasteiger partial charge in [0, 0.05) is 31.3 Å². The van der Waals surface area contributed by atoms with Crippen LogP contribution in [0.25, 0.3) is 0 Å². The van der Waals surface area contributed by atoms with Crippen molar-refractivity contribution in [3.63, 3.8) is 0 Å². The maximum atomic E-state index is 12.1. The number of pyridine rings is 2. The topological polar surface area (TPSA) is 110 Å². The van der Waals surface area contributed by atoms with Gasteiger partial charge in [-0.2, -0.15) is 0 Å². The normalized spacial score (nSPS) is 11.2. The summed E-state index contributed by atoms with van der Waals surface area (Å²) in [6.45, 7) is 0.170. The van der Waals surface area contributed by atoms with Gasteiger partial charge in [0.1, 0.15) is 4.90 Å². The number of sulfonamides is 1. The zero-order valence-electron chi connectivity index (χ0n) is 9.95. The first-order chi connectivity index (χ1) is 9.13. The fourth-order valence-electron chi connectivity index (χ4n) is 1.47. The number of nitrogens with two attached hydrogens (primary N) is 1. The van der Waals surface area contributed by atoms with Gasteiger partial charge in [0.15, 0.2) is 0 Å². The van der Waals surface area contributed by atoms with Crippen LogP contribution in [-0.2, 0) is 16.6 Å². The van der Waals surface area contributed by atoms with Crippen molar-refractivity contribution in [2.24, 2.45) is 5.84 Å². The molecule has 0 aromatic carbocycles. The SMILES string of the molecule is NNc1ccncc1S(=O)(=O)NCc1ccncc1. The van der Waals surface area contributed by atoms with Gasteiger partial charge in [0.05, 0.1) is 5.69 Å². The van der Waals surface area contributed by atoms with Crippen LogP contribution < -0.4 is 16.0 Å². The van der Waals surface area contributed by atoms with E-state index in [1.165, 1.54) is 18.5 Å². The lowest BCUT2D eigenvalue weighted by molar-refractivity contribution is 0.581. The molecule has 0 unspecified atom stereocenters. The summed E-state index contributed by atoms with van der Waals surface area (Å²) in [5.74, 6) is 5.28. The Balaban J connectivity index is 2.19. The minimum absolute atomic E-state index is 0.00607. The summed E-state index contributed by atoms with van der Waals surface area (Å²) in [7, 11) is -3.68. The van der Waals surface area contributed by atoms with E-state index in [4.69, 9.17) is 5.84 Å². The lowest BCUT2D eigenvalue weighted by atomic mass is 10.3. The third-order valence-corrected chi connectivity index (χ3v) is 3.87. The molecule has 0 aliphatic carbocycles. The molecular weight excluding hydrogens is 266 g/mol. The molecule has 0 atom stereocenters. The summed E-state index contributed by atoms with van der Waals surface area (Å²) in [5, 5.41) is 0. The molecule has 0 aliphatic rings. The number of aromatic nitrogens is 2. The van der Waals surface area contributed by atoms with Crippen LogP contribution in [0.2, 0.25) is 0 Å². The van der Waals surface area contributed by atoms with Crippen LogP contribution in [0, 0.1) is 0 Å². The number of nitrogens with zero attached hydrogens (tertiary/aromatic N) is 2. The Labute approximate surface area is 110 Å². The van der Waals surface area contributed by atoms with Crippen molar-refractivity contribution >= 4 is 15.7 Å². The molecule has 0 amide bonds. The van der Waals surface area contributed by atoms with Gasteiger partial charge in [-0.25, -0.2) is 13.1 Å². The van der Waals surface area contributed by atoms with Crippen molar-refractivity contribution in [3.8, 4) is 0 Å². The number of hydrazine groups is 1. The summed E-state index contributed by atoms with van der Waals surface area (Å²) in [6.07, 6.45) is 5.89. The Kier molecular flexibility index (Phi) is 4.05. The summed E-state index contributed by atoms with van der Waals surface area (Å²) in [5.41, 5.74) is 3.43. The zero-order valence-corrected chi connectivity index (χ0v) is 10.8. The summed E-state index contributed by atoms with van der Waals surface area (Å²) < 4.78 is 26.7. The first kappa shape index (κ1) is 13.4. The molecule has 2 aromatic rings.